The van der Waals surface area contributed by atoms with Crippen LogP contribution < -0.4 is 5.73 Å². The van der Waals surface area contributed by atoms with E-state index in [-0.39, 0.29) is 11.2 Å². The highest BCUT2D eigenvalue weighted by atomic mass is 19.1. The first-order valence-electron chi connectivity index (χ1n) is 6.76. The molecule has 2 aliphatic carbocycles. The van der Waals surface area contributed by atoms with Crippen LogP contribution in [0.4, 0.5) is 4.39 Å². The third kappa shape index (κ3) is 1.61. The minimum Gasteiger partial charge on any atom is -0.330 e. The topological polar surface area (TPSA) is 26.0 Å². The summed E-state index contributed by atoms with van der Waals surface area (Å²) in [5.74, 6) is 0.507. The van der Waals surface area contributed by atoms with Crippen LogP contribution in [-0.2, 0) is 5.41 Å². The predicted molar refractivity (Wildman–Crippen MR) is 67.6 cm³/mol. The van der Waals surface area contributed by atoms with Crippen LogP contribution in [0.25, 0.3) is 0 Å². The SMILES string of the molecule is NCCC1CC2(CCCC2)c2c(F)cccc21. The monoisotopic (exact) mass is 233 g/mol. The van der Waals surface area contributed by atoms with E-state index in [9.17, 15) is 4.39 Å². The maximum atomic E-state index is 14.2. The molecule has 0 aliphatic heterocycles. The zero-order valence-electron chi connectivity index (χ0n) is 10.2. The maximum absolute atomic E-state index is 14.2. The molecular weight excluding hydrogens is 213 g/mol. The molecule has 1 fully saturated rings. The number of nitrogens with two attached hydrogens (primary N) is 1. The quantitative estimate of drug-likeness (QED) is 0.831. The first kappa shape index (κ1) is 11.2. The fraction of sp³-hybridized carbons (Fsp3) is 0.600. The molecular formula is C15H20FN. The summed E-state index contributed by atoms with van der Waals surface area (Å²) in [6, 6.07) is 5.60. The van der Waals surface area contributed by atoms with Crippen molar-refractivity contribution in [3.63, 3.8) is 0 Å². The van der Waals surface area contributed by atoms with Gasteiger partial charge in [-0.3, -0.25) is 0 Å². The number of benzene rings is 1. The molecule has 1 spiro atoms. The largest absolute Gasteiger partial charge is 0.330 e. The van der Waals surface area contributed by atoms with E-state index in [1.807, 2.05) is 6.07 Å². The highest BCUT2D eigenvalue weighted by Gasteiger charge is 2.46. The number of hydrogen-bond acceptors (Lipinski definition) is 1. The van der Waals surface area contributed by atoms with Gasteiger partial charge in [-0.05, 0) is 60.8 Å². The zero-order chi connectivity index (χ0) is 11.9. The highest BCUT2D eigenvalue weighted by molar-refractivity contribution is 5.44. The summed E-state index contributed by atoms with van der Waals surface area (Å²) in [7, 11) is 0. The molecule has 2 N–H and O–H groups in total. The Balaban J connectivity index is 2.08. The van der Waals surface area contributed by atoms with Crippen molar-refractivity contribution in [3.05, 3.63) is 35.1 Å². The Kier molecular flexibility index (Phi) is 2.70. The number of rotatable bonds is 2. The molecule has 1 unspecified atom stereocenters. The van der Waals surface area contributed by atoms with Crippen LogP contribution in [0.5, 0.6) is 0 Å². The average Bonchev–Trinajstić information content (AvgIpc) is 2.88. The van der Waals surface area contributed by atoms with E-state index < -0.39 is 0 Å². The van der Waals surface area contributed by atoms with Gasteiger partial charge in [0, 0.05) is 0 Å². The molecule has 17 heavy (non-hydrogen) atoms. The van der Waals surface area contributed by atoms with Crippen molar-refractivity contribution in [1.82, 2.24) is 0 Å². The lowest BCUT2D eigenvalue weighted by molar-refractivity contribution is 0.389. The summed E-state index contributed by atoms with van der Waals surface area (Å²) in [4.78, 5) is 0. The van der Waals surface area contributed by atoms with Crippen molar-refractivity contribution in [3.8, 4) is 0 Å². The van der Waals surface area contributed by atoms with E-state index >= 15 is 0 Å². The summed E-state index contributed by atoms with van der Waals surface area (Å²) in [5, 5.41) is 0. The molecule has 1 atom stereocenters. The van der Waals surface area contributed by atoms with Crippen molar-refractivity contribution in [2.45, 2.75) is 49.9 Å². The van der Waals surface area contributed by atoms with E-state index in [0.29, 0.717) is 12.5 Å². The van der Waals surface area contributed by atoms with Crippen LogP contribution in [-0.4, -0.2) is 6.54 Å². The van der Waals surface area contributed by atoms with Crippen LogP contribution >= 0.6 is 0 Å². The summed E-state index contributed by atoms with van der Waals surface area (Å²) < 4.78 is 14.2. The molecule has 3 rings (SSSR count). The van der Waals surface area contributed by atoms with E-state index in [2.05, 4.69) is 6.07 Å². The molecule has 1 aromatic rings. The lowest BCUT2D eigenvalue weighted by Crippen LogP contribution is -2.20. The second-order valence-electron chi connectivity index (χ2n) is 5.67. The van der Waals surface area contributed by atoms with Crippen LogP contribution in [0.3, 0.4) is 0 Å². The van der Waals surface area contributed by atoms with Crippen LogP contribution in [0.15, 0.2) is 18.2 Å². The number of hydrogen-bond donors (Lipinski definition) is 1. The van der Waals surface area contributed by atoms with E-state index in [1.165, 1.54) is 31.2 Å². The Morgan fingerprint density at radius 3 is 2.76 bits per heavy atom. The van der Waals surface area contributed by atoms with Gasteiger partial charge < -0.3 is 5.73 Å². The lowest BCUT2D eigenvalue weighted by Gasteiger charge is -2.25. The van der Waals surface area contributed by atoms with Crippen molar-refractivity contribution in [2.24, 2.45) is 5.73 Å². The molecule has 0 saturated heterocycles. The zero-order valence-corrected chi connectivity index (χ0v) is 10.2. The smallest absolute Gasteiger partial charge is 0.127 e. The Bertz CT molecular complexity index is 421. The number of fused-ring (bicyclic) bond motifs is 2. The first-order chi connectivity index (χ1) is 8.27. The molecule has 2 aliphatic rings. The Labute approximate surface area is 102 Å². The Hall–Kier alpha value is -0.890. The van der Waals surface area contributed by atoms with Gasteiger partial charge in [0.15, 0.2) is 0 Å². The van der Waals surface area contributed by atoms with Gasteiger partial charge in [-0.1, -0.05) is 25.0 Å². The fourth-order valence-electron chi connectivity index (χ4n) is 4.09. The summed E-state index contributed by atoms with van der Waals surface area (Å²) in [6.07, 6.45) is 6.97. The Morgan fingerprint density at radius 1 is 1.29 bits per heavy atom. The van der Waals surface area contributed by atoms with E-state index in [0.717, 1.165) is 18.4 Å². The summed E-state index contributed by atoms with van der Waals surface area (Å²) >= 11 is 0. The van der Waals surface area contributed by atoms with Gasteiger partial charge in [-0.15, -0.1) is 0 Å². The number of halogens is 1. The molecule has 2 heteroatoms. The van der Waals surface area contributed by atoms with Crippen LogP contribution in [0, 0.1) is 5.82 Å². The van der Waals surface area contributed by atoms with Gasteiger partial charge in [-0.2, -0.15) is 0 Å². The minimum atomic E-state index is 0.0175. The van der Waals surface area contributed by atoms with Gasteiger partial charge in [0.2, 0.25) is 0 Å². The fourth-order valence-corrected chi connectivity index (χ4v) is 4.09. The molecule has 0 aromatic heterocycles. The molecule has 0 heterocycles. The van der Waals surface area contributed by atoms with Gasteiger partial charge in [0.1, 0.15) is 5.82 Å². The van der Waals surface area contributed by atoms with E-state index in [1.54, 1.807) is 6.07 Å². The van der Waals surface area contributed by atoms with Gasteiger partial charge >= 0.3 is 0 Å². The molecule has 1 saturated carbocycles. The highest BCUT2D eigenvalue weighted by Crippen LogP contribution is 2.56. The van der Waals surface area contributed by atoms with Crippen LogP contribution in [0.2, 0.25) is 0 Å². The third-order valence-electron chi connectivity index (χ3n) is 4.73. The lowest BCUT2D eigenvalue weighted by atomic mass is 9.79. The van der Waals surface area contributed by atoms with Gasteiger partial charge in [-0.25, -0.2) is 4.39 Å². The third-order valence-corrected chi connectivity index (χ3v) is 4.73. The maximum Gasteiger partial charge on any atom is 0.127 e. The molecule has 1 aromatic carbocycles. The predicted octanol–water partition coefficient (Wildman–Crippen LogP) is 3.47. The first-order valence-corrected chi connectivity index (χ1v) is 6.76. The Morgan fingerprint density at radius 2 is 2.06 bits per heavy atom. The van der Waals surface area contributed by atoms with Crippen molar-refractivity contribution in [1.29, 1.82) is 0 Å². The molecule has 0 bridgehead atoms. The molecule has 0 amide bonds. The van der Waals surface area contributed by atoms with Crippen molar-refractivity contribution in [2.75, 3.05) is 6.54 Å². The summed E-state index contributed by atoms with van der Waals surface area (Å²) in [6.45, 7) is 0.705. The minimum absolute atomic E-state index is 0.0175. The second-order valence-corrected chi connectivity index (χ2v) is 5.67. The van der Waals surface area contributed by atoms with E-state index in [4.69, 9.17) is 5.73 Å². The molecule has 1 nitrogen and oxygen atoms in total. The molecule has 0 radical (unpaired) electrons. The summed E-state index contributed by atoms with van der Waals surface area (Å²) in [5.41, 5.74) is 8.14. The molecule has 92 valence electrons. The average molecular weight is 233 g/mol. The van der Waals surface area contributed by atoms with Crippen molar-refractivity contribution >= 4 is 0 Å². The van der Waals surface area contributed by atoms with Gasteiger partial charge in [0.25, 0.3) is 0 Å². The van der Waals surface area contributed by atoms with Crippen LogP contribution in [0.1, 0.15) is 55.6 Å². The van der Waals surface area contributed by atoms with Crippen molar-refractivity contribution < 1.29 is 4.39 Å². The standard InChI is InChI=1S/C15H20FN/c16-13-5-3-4-12-11(6-9-17)10-15(14(12)13)7-1-2-8-15/h3-5,11H,1-2,6-10,17H2. The second kappa shape index (κ2) is 4.09. The normalized spacial score (nSPS) is 25.4. The van der Waals surface area contributed by atoms with Gasteiger partial charge in [0.05, 0.1) is 0 Å².